The van der Waals surface area contributed by atoms with Crippen molar-refractivity contribution < 1.29 is 8.42 Å². The lowest BCUT2D eigenvalue weighted by Crippen LogP contribution is -2.31. The zero-order chi connectivity index (χ0) is 16.2. The molecule has 1 N–H and O–H groups in total. The number of fused-ring (bicyclic) bond motifs is 1. The number of halogens is 1. The van der Waals surface area contributed by atoms with E-state index in [1.54, 1.807) is 9.13 Å². The summed E-state index contributed by atoms with van der Waals surface area (Å²) in [7, 11) is -3.26. The molecule has 0 bridgehead atoms. The molecule has 2 rings (SSSR count). The molecule has 0 radical (unpaired) electrons. The Bertz CT molecular complexity index is 795. The molecule has 0 amide bonds. The molecule has 0 aliphatic carbocycles. The summed E-state index contributed by atoms with van der Waals surface area (Å²) < 4.78 is 28.0. The maximum atomic E-state index is 12.6. The summed E-state index contributed by atoms with van der Waals surface area (Å²) in [6, 6.07) is 7.53. The van der Waals surface area contributed by atoms with E-state index >= 15 is 0 Å². The van der Waals surface area contributed by atoms with Crippen molar-refractivity contribution in [2.45, 2.75) is 25.9 Å². The number of nitrogens with zero attached hydrogens (tertiary/aromatic N) is 2. The molecule has 0 fully saturated rings. The second-order valence-corrected chi connectivity index (χ2v) is 7.35. The molecular formula is C14H20ClN3O3S. The molecule has 0 spiro atoms. The topological polar surface area (TPSA) is 73.1 Å². The quantitative estimate of drug-likeness (QED) is 0.580. The van der Waals surface area contributed by atoms with E-state index in [1.165, 1.54) is 0 Å². The third kappa shape index (κ3) is 4.12. The van der Waals surface area contributed by atoms with Crippen LogP contribution in [-0.4, -0.2) is 36.2 Å². The number of hydrogen-bond donors (Lipinski definition) is 1. The van der Waals surface area contributed by atoms with Gasteiger partial charge in [-0.15, -0.1) is 11.6 Å². The molecule has 0 aliphatic rings. The lowest BCUT2D eigenvalue weighted by molar-refractivity contribution is 0.568. The van der Waals surface area contributed by atoms with Gasteiger partial charge in [0.15, 0.2) is 0 Å². The Labute approximate surface area is 134 Å². The average molecular weight is 346 g/mol. The third-order valence-electron chi connectivity index (χ3n) is 3.39. The molecule has 0 saturated carbocycles. The highest BCUT2D eigenvalue weighted by Gasteiger charge is 2.12. The van der Waals surface area contributed by atoms with E-state index in [4.69, 9.17) is 11.6 Å². The van der Waals surface area contributed by atoms with E-state index in [0.717, 1.165) is 30.1 Å². The van der Waals surface area contributed by atoms with Crippen LogP contribution in [0.15, 0.2) is 29.1 Å². The zero-order valence-corrected chi connectivity index (χ0v) is 14.0. The molecule has 122 valence electrons. The summed E-state index contributed by atoms with van der Waals surface area (Å²) in [5.41, 5.74) is 1.56. The third-order valence-corrected chi connectivity index (χ3v) is 4.39. The van der Waals surface area contributed by atoms with Gasteiger partial charge in [0.1, 0.15) is 0 Å². The molecule has 1 aromatic heterocycles. The van der Waals surface area contributed by atoms with Gasteiger partial charge in [-0.1, -0.05) is 12.1 Å². The Hall–Kier alpha value is -1.31. The number of alkyl halides is 1. The Kier molecular flexibility index (Phi) is 5.66. The monoisotopic (exact) mass is 345 g/mol. The molecule has 8 heteroatoms. The summed E-state index contributed by atoms with van der Waals surface area (Å²) in [6.07, 6.45) is 2.79. The number of rotatable bonds is 8. The molecule has 0 atom stereocenters. The van der Waals surface area contributed by atoms with Gasteiger partial charge in [-0.25, -0.2) is 17.9 Å². The van der Waals surface area contributed by atoms with Crippen molar-refractivity contribution in [1.82, 2.24) is 13.9 Å². The van der Waals surface area contributed by atoms with Crippen LogP contribution in [0, 0.1) is 0 Å². The van der Waals surface area contributed by atoms with E-state index in [0.29, 0.717) is 19.0 Å². The predicted molar refractivity (Wildman–Crippen MR) is 89.0 cm³/mol. The normalized spacial score (nSPS) is 12.1. The number of aryl methyl sites for hydroxylation is 1. The highest BCUT2D eigenvalue weighted by molar-refractivity contribution is 7.88. The predicted octanol–water partition coefficient (Wildman–Crippen LogP) is 1.37. The zero-order valence-electron chi connectivity index (χ0n) is 12.5. The molecule has 0 unspecified atom stereocenters. The van der Waals surface area contributed by atoms with E-state index < -0.39 is 10.0 Å². The van der Waals surface area contributed by atoms with E-state index in [2.05, 4.69) is 4.72 Å². The highest BCUT2D eigenvalue weighted by atomic mass is 35.5. The molecule has 1 heterocycles. The number of sulfonamides is 1. The van der Waals surface area contributed by atoms with Crippen molar-refractivity contribution in [3.8, 4) is 0 Å². The largest absolute Gasteiger partial charge is 0.329 e. The van der Waals surface area contributed by atoms with Crippen LogP contribution in [0.3, 0.4) is 0 Å². The van der Waals surface area contributed by atoms with Gasteiger partial charge < -0.3 is 0 Å². The number of hydrogen-bond acceptors (Lipinski definition) is 3. The fraction of sp³-hybridized carbons (Fsp3) is 0.500. The first-order chi connectivity index (χ1) is 10.4. The number of benzene rings is 1. The number of para-hydroxylation sites is 2. The minimum atomic E-state index is -3.26. The van der Waals surface area contributed by atoms with Crippen molar-refractivity contribution in [3.63, 3.8) is 0 Å². The fourth-order valence-corrected chi connectivity index (χ4v) is 3.06. The van der Waals surface area contributed by atoms with Gasteiger partial charge >= 0.3 is 5.69 Å². The first-order valence-corrected chi connectivity index (χ1v) is 9.55. The lowest BCUT2D eigenvalue weighted by Gasteiger charge is -2.04. The van der Waals surface area contributed by atoms with E-state index in [-0.39, 0.29) is 12.2 Å². The summed E-state index contributed by atoms with van der Waals surface area (Å²) >= 11 is 5.68. The van der Waals surface area contributed by atoms with Crippen LogP contribution in [-0.2, 0) is 23.1 Å². The van der Waals surface area contributed by atoms with E-state index in [9.17, 15) is 13.2 Å². The molecule has 0 aliphatic heterocycles. The number of imidazole rings is 1. The highest BCUT2D eigenvalue weighted by Crippen LogP contribution is 2.13. The van der Waals surface area contributed by atoms with Crippen molar-refractivity contribution in [1.29, 1.82) is 0 Å². The van der Waals surface area contributed by atoms with Crippen LogP contribution in [0.5, 0.6) is 0 Å². The molecular weight excluding hydrogens is 326 g/mol. The van der Waals surface area contributed by atoms with Gasteiger partial charge in [0.2, 0.25) is 10.0 Å². The standard InChI is InChI=1S/C14H20ClN3O3S/c1-22(20,21)16-9-11-18-13-7-3-2-6-12(13)17(14(18)19)10-5-4-8-15/h2-3,6-7,16H,4-5,8-11H2,1H3. The van der Waals surface area contributed by atoms with Gasteiger partial charge in [0.05, 0.1) is 17.3 Å². The number of aromatic nitrogens is 2. The minimum Gasteiger partial charge on any atom is -0.292 e. The second-order valence-electron chi connectivity index (χ2n) is 5.14. The van der Waals surface area contributed by atoms with E-state index in [1.807, 2.05) is 24.3 Å². The van der Waals surface area contributed by atoms with Crippen LogP contribution in [0.4, 0.5) is 0 Å². The minimum absolute atomic E-state index is 0.119. The first-order valence-electron chi connectivity index (χ1n) is 7.12. The molecule has 2 aromatic rings. The van der Waals surface area contributed by atoms with Gasteiger partial charge in [-0.05, 0) is 25.0 Å². The van der Waals surface area contributed by atoms with Crippen molar-refractivity contribution >= 4 is 32.7 Å². The van der Waals surface area contributed by atoms with Crippen molar-refractivity contribution in [2.75, 3.05) is 18.7 Å². The van der Waals surface area contributed by atoms with Crippen molar-refractivity contribution in [2.24, 2.45) is 0 Å². The van der Waals surface area contributed by atoms with Crippen LogP contribution in [0.2, 0.25) is 0 Å². The lowest BCUT2D eigenvalue weighted by atomic mass is 10.3. The summed E-state index contributed by atoms with van der Waals surface area (Å²) in [6.45, 7) is 1.10. The summed E-state index contributed by atoms with van der Waals surface area (Å²) in [4.78, 5) is 12.6. The summed E-state index contributed by atoms with van der Waals surface area (Å²) in [5.74, 6) is 0.575. The van der Waals surface area contributed by atoms with Crippen LogP contribution in [0.1, 0.15) is 12.8 Å². The number of unbranched alkanes of at least 4 members (excludes halogenated alkanes) is 1. The van der Waals surface area contributed by atoms with Gasteiger partial charge in [0, 0.05) is 25.5 Å². The van der Waals surface area contributed by atoms with Crippen LogP contribution >= 0.6 is 11.6 Å². The SMILES string of the molecule is CS(=O)(=O)NCCn1c(=O)n(CCCCCl)c2ccccc21. The Morgan fingerprint density at radius 2 is 1.68 bits per heavy atom. The van der Waals surface area contributed by atoms with Crippen molar-refractivity contribution in [3.05, 3.63) is 34.7 Å². The maximum Gasteiger partial charge on any atom is 0.329 e. The maximum absolute atomic E-state index is 12.6. The second kappa shape index (κ2) is 7.30. The van der Waals surface area contributed by atoms with Gasteiger partial charge in [-0.2, -0.15) is 0 Å². The average Bonchev–Trinajstić information content (AvgIpc) is 2.72. The smallest absolute Gasteiger partial charge is 0.292 e. The molecule has 0 saturated heterocycles. The van der Waals surface area contributed by atoms with Crippen LogP contribution < -0.4 is 10.4 Å². The molecule has 22 heavy (non-hydrogen) atoms. The molecule has 6 nitrogen and oxygen atoms in total. The Morgan fingerprint density at radius 3 is 2.23 bits per heavy atom. The fourth-order valence-electron chi connectivity index (χ4n) is 2.41. The molecule has 1 aromatic carbocycles. The number of nitrogens with one attached hydrogen (secondary N) is 1. The Balaban J connectivity index is 2.29. The summed E-state index contributed by atoms with van der Waals surface area (Å²) in [5, 5.41) is 0. The first kappa shape index (κ1) is 17.1. The van der Waals surface area contributed by atoms with Gasteiger partial charge in [-0.3, -0.25) is 9.13 Å². The Morgan fingerprint density at radius 1 is 1.09 bits per heavy atom. The van der Waals surface area contributed by atoms with Gasteiger partial charge in [0.25, 0.3) is 0 Å². The van der Waals surface area contributed by atoms with Crippen LogP contribution in [0.25, 0.3) is 11.0 Å².